The van der Waals surface area contributed by atoms with E-state index in [0.29, 0.717) is 4.57 Å². The maximum atomic E-state index is 14.7. The third-order valence-corrected chi connectivity index (χ3v) is 4.79. The number of rotatable bonds is 4. The predicted molar refractivity (Wildman–Crippen MR) is 108 cm³/mol. The maximum absolute atomic E-state index is 14.7. The summed E-state index contributed by atoms with van der Waals surface area (Å²) in [6.07, 6.45) is -5.97. The number of carbonyl (C=O) groups excluding carboxylic acids is 1. The van der Waals surface area contributed by atoms with Gasteiger partial charge in [-0.15, -0.1) is 0 Å². The number of hydrogen-bond acceptors (Lipinski definition) is 4. The van der Waals surface area contributed by atoms with Gasteiger partial charge >= 0.3 is 18.0 Å². The Hall–Kier alpha value is -3.60. The number of carbonyl (C=O) groups is 1. The Morgan fingerprint density at radius 1 is 1.19 bits per heavy atom. The van der Waals surface area contributed by atoms with Gasteiger partial charge < -0.3 is 9.72 Å². The lowest BCUT2D eigenvalue weighted by Crippen LogP contribution is -2.37. The molecule has 0 spiro atoms. The highest BCUT2D eigenvalue weighted by atomic mass is 35.5. The van der Waals surface area contributed by atoms with Crippen LogP contribution >= 0.6 is 11.6 Å². The van der Waals surface area contributed by atoms with Gasteiger partial charge in [0.2, 0.25) is 0 Å². The van der Waals surface area contributed by atoms with Crippen molar-refractivity contribution in [2.75, 3.05) is 5.32 Å². The number of alkyl halides is 3. The molecule has 0 radical (unpaired) electrons. The fourth-order valence-corrected chi connectivity index (χ4v) is 2.99. The highest BCUT2D eigenvalue weighted by molar-refractivity contribution is 6.31. The normalized spacial score (nSPS) is 11.3. The van der Waals surface area contributed by atoms with Gasteiger partial charge in [0.25, 0.3) is 5.56 Å². The molecule has 3 rings (SSSR count). The van der Waals surface area contributed by atoms with Crippen LogP contribution in [0, 0.1) is 12.7 Å². The lowest BCUT2D eigenvalue weighted by Gasteiger charge is -2.17. The van der Waals surface area contributed by atoms with Crippen LogP contribution in [0.25, 0.3) is 0 Å². The zero-order valence-corrected chi connectivity index (χ0v) is 17.0. The third-order valence-electron chi connectivity index (χ3n) is 4.40. The van der Waals surface area contributed by atoms with Crippen LogP contribution in [0.15, 0.2) is 52.1 Å². The van der Waals surface area contributed by atoms with Crippen LogP contribution < -0.4 is 21.3 Å². The molecular formula is C20H14ClF4N3O4. The molecule has 168 valence electrons. The van der Waals surface area contributed by atoms with Gasteiger partial charge in [0.15, 0.2) is 0 Å². The summed E-state index contributed by atoms with van der Waals surface area (Å²) in [5, 5.41) is 2.24. The summed E-state index contributed by atoms with van der Waals surface area (Å²) in [5.74, 6) is -0.816. The van der Waals surface area contributed by atoms with Gasteiger partial charge in [-0.1, -0.05) is 29.8 Å². The van der Waals surface area contributed by atoms with Crippen molar-refractivity contribution in [2.24, 2.45) is 0 Å². The molecule has 0 atom stereocenters. The summed E-state index contributed by atoms with van der Waals surface area (Å²) in [4.78, 5) is 38.1. The molecule has 0 bridgehead atoms. The van der Waals surface area contributed by atoms with Gasteiger partial charge in [0.1, 0.15) is 17.3 Å². The van der Waals surface area contributed by atoms with Crippen LogP contribution in [0.3, 0.4) is 0 Å². The zero-order valence-electron chi connectivity index (χ0n) is 16.2. The number of aromatic amines is 1. The topological polar surface area (TPSA) is 93.2 Å². The fourth-order valence-electron chi connectivity index (χ4n) is 2.80. The first-order chi connectivity index (χ1) is 15.0. The first-order valence-corrected chi connectivity index (χ1v) is 9.28. The van der Waals surface area contributed by atoms with Crippen molar-refractivity contribution in [1.29, 1.82) is 0 Å². The molecule has 1 amide bonds. The van der Waals surface area contributed by atoms with Crippen molar-refractivity contribution in [3.8, 4) is 5.75 Å². The minimum Gasteiger partial charge on any atom is -0.410 e. The van der Waals surface area contributed by atoms with Crippen molar-refractivity contribution in [3.63, 3.8) is 0 Å². The number of amides is 1. The number of aromatic nitrogens is 2. The van der Waals surface area contributed by atoms with E-state index < -0.39 is 41.6 Å². The molecule has 0 saturated heterocycles. The lowest BCUT2D eigenvalue weighted by atomic mass is 10.1. The van der Waals surface area contributed by atoms with Crippen LogP contribution in [0.5, 0.6) is 5.75 Å². The van der Waals surface area contributed by atoms with Crippen LogP contribution in [-0.2, 0) is 12.7 Å². The molecule has 3 aromatic rings. The Balaban J connectivity index is 2.01. The quantitative estimate of drug-likeness (QED) is 0.554. The smallest absolute Gasteiger partial charge is 0.410 e. The Morgan fingerprint density at radius 3 is 2.44 bits per heavy atom. The average molecular weight is 472 g/mol. The number of benzene rings is 2. The molecule has 7 nitrogen and oxygen atoms in total. The van der Waals surface area contributed by atoms with Gasteiger partial charge in [0, 0.05) is 16.7 Å². The van der Waals surface area contributed by atoms with Gasteiger partial charge in [-0.3, -0.25) is 14.7 Å². The summed E-state index contributed by atoms with van der Waals surface area (Å²) in [7, 11) is 0. The van der Waals surface area contributed by atoms with E-state index in [1.807, 2.05) is 0 Å². The zero-order chi connectivity index (χ0) is 23.6. The number of nitrogens with one attached hydrogen (secondary N) is 2. The number of ether oxygens (including phenoxy) is 1. The Morgan fingerprint density at radius 2 is 1.84 bits per heavy atom. The first kappa shape index (κ1) is 23.1. The van der Waals surface area contributed by atoms with Crippen LogP contribution in [0.1, 0.15) is 16.8 Å². The van der Waals surface area contributed by atoms with E-state index in [-0.39, 0.29) is 33.7 Å². The second kappa shape index (κ2) is 8.87. The number of hydrogen-bond donors (Lipinski definition) is 2. The summed E-state index contributed by atoms with van der Waals surface area (Å²) < 4.78 is 58.5. The molecule has 32 heavy (non-hydrogen) atoms. The highest BCUT2D eigenvalue weighted by Gasteiger charge is 2.33. The molecule has 0 saturated carbocycles. The van der Waals surface area contributed by atoms with Crippen LogP contribution in [-0.4, -0.2) is 15.6 Å². The number of H-pyrrole nitrogens is 1. The predicted octanol–water partition coefficient (Wildman–Crippen LogP) is 4.32. The fraction of sp³-hybridized carbons (Fsp3) is 0.150. The van der Waals surface area contributed by atoms with Crippen molar-refractivity contribution in [1.82, 2.24) is 9.55 Å². The molecule has 0 aliphatic rings. The molecule has 0 aliphatic heterocycles. The molecule has 0 aliphatic carbocycles. The maximum Gasteiger partial charge on any atom is 0.431 e. The van der Waals surface area contributed by atoms with Gasteiger partial charge in [0.05, 0.1) is 12.2 Å². The Bertz CT molecular complexity index is 1260. The Kier molecular flexibility index (Phi) is 6.40. The minimum absolute atomic E-state index is 0.0741. The second-order valence-corrected chi connectivity index (χ2v) is 6.96. The third kappa shape index (κ3) is 4.99. The lowest BCUT2D eigenvalue weighted by molar-refractivity contribution is -0.141. The number of anilines is 1. The van der Waals surface area contributed by atoms with E-state index >= 15 is 0 Å². The standard InChI is InChI=1S/C20H14ClF4N3O4/c1-10-13(21)7-14(22)12(17(10)27-19(31)32-11-5-3-2-4-6-11)9-28-16(29)8-15(20(23,24)25)26-18(28)30/h2-8H,9H2,1H3,(H,26,30)(H,27,31). The number of halogens is 5. The Labute approximate surface area is 182 Å². The minimum atomic E-state index is -4.95. The monoisotopic (exact) mass is 471 g/mol. The van der Waals surface area contributed by atoms with E-state index in [4.69, 9.17) is 16.3 Å². The van der Waals surface area contributed by atoms with E-state index in [1.54, 1.807) is 18.2 Å². The molecule has 0 fully saturated rings. The van der Waals surface area contributed by atoms with Crippen molar-refractivity contribution < 1.29 is 27.1 Å². The van der Waals surface area contributed by atoms with E-state index in [1.165, 1.54) is 24.0 Å². The SMILES string of the molecule is Cc1c(Cl)cc(F)c(Cn2c(=O)cc(C(F)(F)F)[nH]c2=O)c1NC(=O)Oc1ccccc1. The summed E-state index contributed by atoms with van der Waals surface area (Å²) >= 11 is 5.98. The molecule has 2 N–H and O–H groups in total. The highest BCUT2D eigenvalue weighted by Crippen LogP contribution is 2.31. The second-order valence-electron chi connectivity index (χ2n) is 6.56. The van der Waals surface area contributed by atoms with Crippen LogP contribution in [0.2, 0.25) is 5.02 Å². The summed E-state index contributed by atoms with van der Waals surface area (Å²) in [5.41, 5.74) is -4.63. The molecule has 1 heterocycles. The molecular weight excluding hydrogens is 458 g/mol. The van der Waals surface area contributed by atoms with Crippen LogP contribution in [0.4, 0.5) is 28.0 Å². The molecule has 1 aromatic heterocycles. The molecule has 12 heteroatoms. The van der Waals surface area contributed by atoms with E-state index in [9.17, 15) is 31.9 Å². The van der Waals surface area contributed by atoms with E-state index in [0.717, 1.165) is 6.07 Å². The molecule has 0 unspecified atom stereocenters. The first-order valence-electron chi connectivity index (χ1n) is 8.90. The number of para-hydroxylation sites is 1. The van der Waals surface area contributed by atoms with Crippen molar-refractivity contribution in [2.45, 2.75) is 19.6 Å². The van der Waals surface area contributed by atoms with Crippen molar-refractivity contribution in [3.05, 3.63) is 91.0 Å². The average Bonchev–Trinajstić information content (AvgIpc) is 2.70. The summed E-state index contributed by atoms with van der Waals surface area (Å²) in [6.45, 7) is 0.653. The van der Waals surface area contributed by atoms with Crippen molar-refractivity contribution >= 4 is 23.4 Å². The van der Waals surface area contributed by atoms with E-state index in [2.05, 4.69) is 5.32 Å². The number of nitrogens with zero attached hydrogens (tertiary/aromatic N) is 1. The summed E-state index contributed by atoms with van der Waals surface area (Å²) in [6, 6.07) is 8.98. The van der Waals surface area contributed by atoms with Gasteiger partial charge in [-0.25, -0.2) is 14.0 Å². The largest absolute Gasteiger partial charge is 0.431 e. The molecule has 2 aromatic carbocycles. The van der Waals surface area contributed by atoms with Gasteiger partial charge in [-0.2, -0.15) is 13.2 Å². The van der Waals surface area contributed by atoms with Gasteiger partial charge in [-0.05, 0) is 30.7 Å².